The number of aryl methyl sites for hydroxylation is 2. The average Bonchev–Trinajstić information content (AvgIpc) is 2.73. The lowest BCUT2D eigenvalue weighted by Crippen LogP contribution is -2.18. The van der Waals surface area contributed by atoms with Gasteiger partial charge < -0.3 is 15.2 Å². The lowest BCUT2D eigenvalue weighted by Gasteiger charge is -2.14. The van der Waals surface area contributed by atoms with E-state index in [-0.39, 0.29) is 0 Å². The SMILES string of the molecule is Cc1cc(CN(C)c2nn(C)cc2N)no1. The molecule has 0 aromatic carbocycles. The third kappa shape index (κ3) is 2.00. The zero-order valence-corrected chi connectivity index (χ0v) is 9.64. The van der Waals surface area contributed by atoms with Crippen LogP contribution in [-0.2, 0) is 13.6 Å². The van der Waals surface area contributed by atoms with E-state index in [0.29, 0.717) is 12.2 Å². The zero-order chi connectivity index (χ0) is 11.7. The van der Waals surface area contributed by atoms with Crippen LogP contribution < -0.4 is 10.6 Å². The topological polar surface area (TPSA) is 73.1 Å². The third-order valence-electron chi connectivity index (χ3n) is 2.27. The Balaban J connectivity index is 2.14. The summed E-state index contributed by atoms with van der Waals surface area (Å²) >= 11 is 0. The number of rotatable bonds is 3. The Kier molecular flexibility index (Phi) is 2.55. The van der Waals surface area contributed by atoms with Crippen molar-refractivity contribution in [2.24, 2.45) is 7.05 Å². The summed E-state index contributed by atoms with van der Waals surface area (Å²) in [5, 5.41) is 8.20. The van der Waals surface area contributed by atoms with Gasteiger partial charge in [-0.25, -0.2) is 0 Å². The highest BCUT2D eigenvalue weighted by Crippen LogP contribution is 2.20. The van der Waals surface area contributed by atoms with E-state index in [1.165, 1.54) is 0 Å². The molecular weight excluding hydrogens is 206 g/mol. The molecule has 6 nitrogen and oxygen atoms in total. The maximum atomic E-state index is 5.83. The highest BCUT2D eigenvalue weighted by molar-refractivity contribution is 5.61. The highest BCUT2D eigenvalue weighted by atomic mass is 16.5. The monoisotopic (exact) mass is 221 g/mol. The fourth-order valence-electron chi connectivity index (χ4n) is 1.60. The molecule has 6 heteroatoms. The molecule has 0 spiro atoms. The van der Waals surface area contributed by atoms with Crippen LogP contribution in [0.2, 0.25) is 0 Å². The maximum Gasteiger partial charge on any atom is 0.173 e. The van der Waals surface area contributed by atoms with Crippen LogP contribution in [0.25, 0.3) is 0 Å². The summed E-state index contributed by atoms with van der Waals surface area (Å²) in [6.45, 7) is 2.49. The molecule has 2 heterocycles. The minimum atomic E-state index is 0.624. The van der Waals surface area contributed by atoms with Crippen LogP contribution in [0.1, 0.15) is 11.5 Å². The molecule has 0 saturated heterocycles. The smallest absolute Gasteiger partial charge is 0.173 e. The van der Waals surface area contributed by atoms with Crippen LogP contribution in [0, 0.1) is 6.92 Å². The van der Waals surface area contributed by atoms with E-state index in [9.17, 15) is 0 Å². The lowest BCUT2D eigenvalue weighted by atomic mass is 10.3. The number of anilines is 2. The zero-order valence-electron chi connectivity index (χ0n) is 9.64. The number of hydrogen-bond acceptors (Lipinski definition) is 5. The highest BCUT2D eigenvalue weighted by Gasteiger charge is 2.11. The number of hydrogen-bond donors (Lipinski definition) is 1. The first-order chi connectivity index (χ1) is 7.56. The van der Waals surface area contributed by atoms with E-state index in [2.05, 4.69) is 10.3 Å². The van der Waals surface area contributed by atoms with E-state index < -0.39 is 0 Å². The largest absolute Gasteiger partial charge is 0.394 e. The van der Waals surface area contributed by atoms with E-state index in [0.717, 1.165) is 17.3 Å². The van der Waals surface area contributed by atoms with Gasteiger partial charge in [0.05, 0.1) is 12.2 Å². The third-order valence-corrected chi connectivity index (χ3v) is 2.27. The summed E-state index contributed by atoms with van der Waals surface area (Å²) in [6.07, 6.45) is 1.78. The van der Waals surface area contributed by atoms with Crippen LogP contribution in [0.15, 0.2) is 16.8 Å². The van der Waals surface area contributed by atoms with Gasteiger partial charge in [0, 0.05) is 26.4 Å². The van der Waals surface area contributed by atoms with Gasteiger partial charge in [-0.05, 0) is 6.92 Å². The van der Waals surface area contributed by atoms with Crippen LogP contribution in [-0.4, -0.2) is 22.0 Å². The summed E-state index contributed by atoms with van der Waals surface area (Å²) in [5.74, 6) is 1.56. The summed E-state index contributed by atoms with van der Waals surface area (Å²) < 4.78 is 6.69. The predicted octanol–water partition coefficient (Wildman–Crippen LogP) is 0.935. The van der Waals surface area contributed by atoms with Crippen molar-refractivity contribution in [3.8, 4) is 0 Å². The number of aromatic nitrogens is 3. The summed E-state index contributed by atoms with van der Waals surface area (Å²) in [7, 11) is 3.76. The first-order valence-electron chi connectivity index (χ1n) is 4.98. The minimum Gasteiger partial charge on any atom is -0.394 e. The van der Waals surface area contributed by atoms with Crippen molar-refractivity contribution in [2.45, 2.75) is 13.5 Å². The van der Waals surface area contributed by atoms with Gasteiger partial charge >= 0.3 is 0 Å². The van der Waals surface area contributed by atoms with Crippen molar-refractivity contribution in [1.82, 2.24) is 14.9 Å². The van der Waals surface area contributed by atoms with E-state index >= 15 is 0 Å². The van der Waals surface area contributed by atoms with Gasteiger partial charge in [-0.1, -0.05) is 5.16 Å². The van der Waals surface area contributed by atoms with E-state index in [1.54, 1.807) is 10.9 Å². The van der Waals surface area contributed by atoms with Crippen LogP contribution in [0.5, 0.6) is 0 Å². The molecule has 16 heavy (non-hydrogen) atoms. The molecule has 2 N–H and O–H groups in total. The maximum absolute atomic E-state index is 5.83. The predicted molar refractivity (Wildman–Crippen MR) is 61.0 cm³/mol. The molecule has 0 aliphatic rings. The Morgan fingerprint density at radius 1 is 1.56 bits per heavy atom. The number of nitrogens with two attached hydrogens (primary N) is 1. The van der Waals surface area contributed by atoms with Crippen molar-refractivity contribution in [2.75, 3.05) is 17.7 Å². The molecular formula is C10H15N5O. The van der Waals surface area contributed by atoms with E-state index in [4.69, 9.17) is 10.3 Å². The molecule has 2 aromatic heterocycles. The number of nitrogen functional groups attached to an aromatic ring is 1. The Morgan fingerprint density at radius 2 is 2.31 bits per heavy atom. The Morgan fingerprint density at radius 3 is 2.81 bits per heavy atom. The van der Waals surface area contributed by atoms with Gasteiger partial charge in [0.2, 0.25) is 0 Å². The average molecular weight is 221 g/mol. The van der Waals surface area contributed by atoms with Gasteiger partial charge in [-0.3, -0.25) is 4.68 Å². The first kappa shape index (κ1) is 10.5. The van der Waals surface area contributed by atoms with Gasteiger partial charge in [0.25, 0.3) is 0 Å². The second kappa shape index (κ2) is 3.88. The molecule has 86 valence electrons. The van der Waals surface area contributed by atoms with Crippen LogP contribution in [0.4, 0.5) is 11.5 Å². The molecule has 0 saturated carbocycles. The van der Waals surface area contributed by atoms with Gasteiger partial charge in [0.15, 0.2) is 5.82 Å². The molecule has 0 bridgehead atoms. The molecule has 0 aliphatic heterocycles. The second-order valence-electron chi connectivity index (χ2n) is 3.87. The van der Waals surface area contributed by atoms with Crippen molar-refractivity contribution < 1.29 is 4.52 Å². The standard InChI is InChI=1S/C10H15N5O/c1-7-4-8(13-16-7)5-14(2)10-9(11)6-15(3)12-10/h4,6H,5,11H2,1-3H3. The fourth-order valence-corrected chi connectivity index (χ4v) is 1.60. The van der Waals surface area contributed by atoms with Crippen molar-refractivity contribution in [3.63, 3.8) is 0 Å². The van der Waals surface area contributed by atoms with Gasteiger partial charge in [-0.2, -0.15) is 5.10 Å². The van der Waals surface area contributed by atoms with Gasteiger partial charge in [-0.15, -0.1) is 0 Å². The van der Waals surface area contributed by atoms with Crippen molar-refractivity contribution >= 4 is 11.5 Å². The summed E-state index contributed by atoms with van der Waals surface area (Å²) in [6, 6.07) is 1.90. The quantitative estimate of drug-likeness (QED) is 0.834. The van der Waals surface area contributed by atoms with Crippen molar-refractivity contribution in [3.05, 3.63) is 23.7 Å². The lowest BCUT2D eigenvalue weighted by molar-refractivity contribution is 0.390. The molecule has 0 amide bonds. The molecule has 0 fully saturated rings. The Bertz CT molecular complexity index is 487. The molecule has 0 aliphatic carbocycles. The van der Waals surface area contributed by atoms with Gasteiger partial charge in [0.1, 0.15) is 11.5 Å². The summed E-state index contributed by atoms with van der Waals surface area (Å²) in [4.78, 5) is 1.94. The second-order valence-corrected chi connectivity index (χ2v) is 3.87. The normalized spacial score (nSPS) is 10.7. The molecule has 2 aromatic rings. The van der Waals surface area contributed by atoms with Crippen LogP contribution >= 0.6 is 0 Å². The fraction of sp³-hybridized carbons (Fsp3) is 0.400. The van der Waals surface area contributed by atoms with Crippen molar-refractivity contribution in [1.29, 1.82) is 0 Å². The molecule has 0 radical (unpaired) electrons. The number of nitrogens with zero attached hydrogens (tertiary/aromatic N) is 4. The molecule has 0 unspecified atom stereocenters. The molecule has 2 rings (SSSR count). The molecule has 0 atom stereocenters. The Labute approximate surface area is 93.6 Å². The minimum absolute atomic E-state index is 0.624. The first-order valence-corrected chi connectivity index (χ1v) is 4.98. The van der Waals surface area contributed by atoms with E-state index in [1.807, 2.05) is 32.0 Å². The summed E-state index contributed by atoms with van der Waals surface area (Å²) in [5.41, 5.74) is 7.36. The van der Waals surface area contributed by atoms with Crippen LogP contribution in [0.3, 0.4) is 0 Å². The Hall–Kier alpha value is -1.98.